The molecular weight excluding hydrogens is 306 g/mol. The molecule has 0 spiro atoms. The first-order valence-corrected chi connectivity index (χ1v) is 8.29. The van der Waals surface area contributed by atoms with Crippen LogP contribution in [-0.2, 0) is 16.0 Å². The van der Waals surface area contributed by atoms with Crippen LogP contribution in [-0.4, -0.2) is 52.5 Å². The summed E-state index contributed by atoms with van der Waals surface area (Å²) in [4.78, 5) is 28.7. The molecule has 128 valence electrons. The van der Waals surface area contributed by atoms with E-state index < -0.39 is 0 Å². The summed E-state index contributed by atoms with van der Waals surface area (Å²) in [6, 6.07) is 7.88. The van der Waals surface area contributed by atoms with E-state index in [0.717, 1.165) is 16.5 Å². The number of aryl methyl sites for hydroxylation is 1. The normalized spacial score (nSPS) is 20.5. The summed E-state index contributed by atoms with van der Waals surface area (Å²) in [6.07, 6.45) is 3.05. The molecule has 1 aromatic heterocycles. The lowest BCUT2D eigenvalue weighted by Crippen LogP contribution is -2.40. The molecule has 1 aliphatic heterocycles. The van der Waals surface area contributed by atoms with Gasteiger partial charge < -0.3 is 20.3 Å². The Hall–Kier alpha value is -2.34. The Bertz CT molecular complexity index is 740. The number of nitrogens with one attached hydrogen (secondary N) is 2. The molecular formula is C18H23N3O3. The zero-order valence-corrected chi connectivity index (χ0v) is 13.8. The van der Waals surface area contributed by atoms with Gasteiger partial charge in [0.25, 0.3) is 0 Å². The third kappa shape index (κ3) is 3.43. The summed E-state index contributed by atoms with van der Waals surface area (Å²) in [5, 5.41) is 13.4. The zero-order chi connectivity index (χ0) is 17.1. The van der Waals surface area contributed by atoms with E-state index in [-0.39, 0.29) is 30.4 Å². The van der Waals surface area contributed by atoms with Crippen LogP contribution < -0.4 is 5.32 Å². The third-order valence-corrected chi connectivity index (χ3v) is 4.70. The maximum atomic E-state index is 12.5. The number of aliphatic hydroxyl groups is 1. The van der Waals surface area contributed by atoms with Gasteiger partial charge in [-0.1, -0.05) is 18.2 Å². The van der Waals surface area contributed by atoms with Crippen LogP contribution >= 0.6 is 0 Å². The number of nitrogens with zero attached hydrogens (tertiary/aromatic N) is 1. The Kier molecular flexibility index (Phi) is 4.85. The van der Waals surface area contributed by atoms with Gasteiger partial charge in [0.1, 0.15) is 0 Å². The number of hydrogen-bond donors (Lipinski definition) is 3. The van der Waals surface area contributed by atoms with E-state index in [1.807, 2.05) is 24.4 Å². The van der Waals surface area contributed by atoms with E-state index >= 15 is 0 Å². The van der Waals surface area contributed by atoms with Gasteiger partial charge >= 0.3 is 0 Å². The molecule has 0 radical (unpaired) electrons. The number of para-hydroxylation sites is 1. The first-order chi connectivity index (χ1) is 11.6. The first kappa shape index (κ1) is 16.5. The van der Waals surface area contributed by atoms with Gasteiger partial charge in [0.15, 0.2) is 0 Å². The first-order valence-electron chi connectivity index (χ1n) is 8.29. The van der Waals surface area contributed by atoms with Crippen molar-refractivity contribution in [2.75, 3.05) is 19.7 Å². The Morgan fingerprint density at radius 3 is 2.88 bits per heavy atom. The van der Waals surface area contributed by atoms with Crippen molar-refractivity contribution in [2.45, 2.75) is 25.8 Å². The molecule has 0 unspecified atom stereocenters. The number of benzene rings is 1. The maximum absolute atomic E-state index is 12.5. The lowest BCUT2D eigenvalue weighted by Gasteiger charge is -2.16. The quantitative estimate of drug-likeness (QED) is 0.767. The van der Waals surface area contributed by atoms with Crippen molar-refractivity contribution >= 4 is 22.7 Å². The van der Waals surface area contributed by atoms with Crippen LogP contribution in [0.2, 0.25) is 0 Å². The van der Waals surface area contributed by atoms with Crippen molar-refractivity contribution in [2.24, 2.45) is 5.92 Å². The number of likely N-dealkylation sites (tertiary alicyclic amines) is 1. The van der Waals surface area contributed by atoms with Crippen LogP contribution in [0.3, 0.4) is 0 Å². The average Bonchev–Trinajstić information content (AvgIpc) is 3.16. The van der Waals surface area contributed by atoms with Gasteiger partial charge in [0.05, 0.1) is 6.04 Å². The fraction of sp³-hybridized carbons (Fsp3) is 0.444. The van der Waals surface area contributed by atoms with E-state index in [9.17, 15) is 14.7 Å². The largest absolute Gasteiger partial charge is 0.396 e. The highest BCUT2D eigenvalue weighted by molar-refractivity contribution is 5.84. The molecule has 3 N–H and O–H groups in total. The van der Waals surface area contributed by atoms with Gasteiger partial charge in [-0.05, 0) is 18.1 Å². The summed E-state index contributed by atoms with van der Waals surface area (Å²) in [5.74, 6) is -0.163. The Morgan fingerprint density at radius 2 is 2.12 bits per heavy atom. The lowest BCUT2D eigenvalue weighted by atomic mass is 10.1. The zero-order valence-electron chi connectivity index (χ0n) is 13.8. The SMILES string of the molecule is CC(=O)N[C@@H]1CN(C(=O)CCc2c[nH]c3ccccc23)C[C@H]1CO. The number of rotatable bonds is 5. The fourth-order valence-corrected chi connectivity index (χ4v) is 3.42. The molecule has 0 saturated carbocycles. The van der Waals surface area contributed by atoms with Gasteiger partial charge in [0, 0.05) is 56.1 Å². The second kappa shape index (κ2) is 7.05. The second-order valence-corrected chi connectivity index (χ2v) is 6.41. The van der Waals surface area contributed by atoms with Gasteiger partial charge in [-0.3, -0.25) is 9.59 Å². The monoisotopic (exact) mass is 329 g/mol. The number of aromatic amines is 1. The number of fused-ring (bicyclic) bond motifs is 1. The molecule has 1 aromatic carbocycles. The highest BCUT2D eigenvalue weighted by Gasteiger charge is 2.34. The Labute approximate surface area is 140 Å². The van der Waals surface area contributed by atoms with Gasteiger partial charge in [0.2, 0.25) is 11.8 Å². The standard InChI is InChI=1S/C18H23N3O3/c1-12(23)20-17-10-21(9-14(17)11-22)18(24)7-6-13-8-19-16-5-3-2-4-15(13)16/h2-5,8,14,17,19,22H,6-7,9-11H2,1H3,(H,20,23)/t14-,17+/m0/s1. The minimum atomic E-state index is -0.162. The van der Waals surface area contributed by atoms with Crippen LogP contribution in [0.4, 0.5) is 0 Å². The number of aromatic nitrogens is 1. The average molecular weight is 329 g/mol. The molecule has 2 aromatic rings. The highest BCUT2D eigenvalue weighted by atomic mass is 16.3. The second-order valence-electron chi connectivity index (χ2n) is 6.41. The molecule has 0 bridgehead atoms. The molecule has 0 aliphatic carbocycles. The molecule has 6 heteroatoms. The van der Waals surface area contributed by atoms with E-state index in [0.29, 0.717) is 25.9 Å². The summed E-state index contributed by atoms with van der Waals surface area (Å²) in [7, 11) is 0. The number of hydrogen-bond acceptors (Lipinski definition) is 3. The van der Waals surface area contributed by atoms with Crippen LogP contribution in [0.1, 0.15) is 18.9 Å². The van der Waals surface area contributed by atoms with Gasteiger partial charge in [-0.2, -0.15) is 0 Å². The maximum Gasteiger partial charge on any atom is 0.222 e. The predicted octanol–water partition coefficient (Wildman–Crippen LogP) is 1.06. The molecule has 3 rings (SSSR count). The molecule has 1 fully saturated rings. The van der Waals surface area contributed by atoms with E-state index in [1.165, 1.54) is 6.92 Å². The topological polar surface area (TPSA) is 85.4 Å². The third-order valence-electron chi connectivity index (χ3n) is 4.70. The fourth-order valence-electron chi connectivity index (χ4n) is 3.42. The molecule has 6 nitrogen and oxygen atoms in total. The number of aliphatic hydroxyl groups excluding tert-OH is 1. The van der Waals surface area contributed by atoms with Crippen molar-refractivity contribution < 1.29 is 14.7 Å². The molecule has 1 saturated heterocycles. The number of H-pyrrole nitrogens is 1. The van der Waals surface area contributed by atoms with E-state index in [1.54, 1.807) is 4.90 Å². The summed E-state index contributed by atoms with van der Waals surface area (Å²) < 4.78 is 0. The van der Waals surface area contributed by atoms with E-state index in [4.69, 9.17) is 0 Å². The minimum absolute atomic E-state index is 0.0306. The molecule has 2 amide bonds. The predicted molar refractivity (Wildman–Crippen MR) is 91.4 cm³/mol. The number of amides is 2. The highest BCUT2D eigenvalue weighted by Crippen LogP contribution is 2.21. The van der Waals surface area contributed by atoms with Crippen LogP contribution in [0.15, 0.2) is 30.5 Å². The molecule has 1 aliphatic rings. The van der Waals surface area contributed by atoms with Crippen molar-refractivity contribution in [1.29, 1.82) is 0 Å². The smallest absolute Gasteiger partial charge is 0.222 e. The minimum Gasteiger partial charge on any atom is -0.396 e. The van der Waals surface area contributed by atoms with Crippen molar-refractivity contribution in [3.63, 3.8) is 0 Å². The summed E-state index contributed by atoms with van der Waals surface area (Å²) >= 11 is 0. The van der Waals surface area contributed by atoms with Gasteiger partial charge in [-0.15, -0.1) is 0 Å². The Morgan fingerprint density at radius 1 is 1.33 bits per heavy atom. The number of carbonyl (C=O) groups is 2. The van der Waals surface area contributed by atoms with Crippen LogP contribution in [0.5, 0.6) is 0 Å². The summed E-state index contributed by atoms with van der Waals surface area (Å²) in [6.45, 7) is 2.39. The Balaban J connectivity index is 1.60. The van der Waals surface area contributed by atoms with Crippen molar-refractivity contribution in [1.82, 2.24) is 15.2 Å². The number of carbonyl (C=O) groups excluding carboxylic acids is 2. The van der Waals surface area contributed by atoms with Gasteiger partial charge in [-0.25, -0.2) is 0 Å². The lowest BCUT2D eigenvalue weighted by molar-refractivity contribution is -0.130. The van der Waals surface area contributed by atoms with Crippen molar-refractivity contribution in [3.05, 3.63) is 36.0 Å². The van der Waals surface area contributed by atoms with Crippen LogP contribution in [0.25, 0.3) is 10.9 Å². The molecule has 2 heterocycles. The van der Waals surface area contributed by atoms with E-state index in [2.05, 4.69) is 16.4 Å². The molecule has 2 atom stereocenters. The van der Waals surface area contributed by atoms with Crippen molar-refractivity contribution in [3.8, 4) is 0 Å². The summed E-state index contributed by atoms with van der Waals surface area (Å²) in [5.41, 5.74) is 2.21. The molecule has 24 heavy (non-hydrogen) atoms. The van der Waals surface area contributed by atoms with Crippen LogP contribution in [0, 0.1) is 5.92 Å².